The Labute approximate surface area is 142 Å². The van der Waals surface area contributed by atoms with E-state index in [1.54, 1.807) is 0 Å². The fourth-order valence-electron chi connectivity index (χ4n) is 1.96. The van der Waals surface area contributed by atoms with E-state index in [-0.39, 0.29) is 28.6 Å². The molecule has 2 aromatic heterocycles. The number of hydrogen-bond acceptors (Lipinski definition) is 6. The molecule has 0 amide bonds. The fraction of sp³-hybridized carbons (Fsp3) is 0.312. The Balaban J connectivity index is 1.97. The first kappa shape index (κ1) is 16.4. The molecule has 0 aliphatic heterocycles. The van der Waals surface area contributed by atoms with E-state index in [4.69, 9.17) is 0 Å². The zero-order chi connectivity index (χ0) is 17.3. The Morgan fingerprint density at radius 1 is 1.21 bits per heavy atom. The summed E-state index contributed by atoms with van der Waals surface area (Å²) in [6.07, 6.45) is 0. The quantitative estimate of drug-likeness (QED) is 0.730. The molecule has 2 heterocycles. The van der Waals surface area contributed by atoms with Gasteiger partial charge in [-0.3, -0.25) is 14.6 Å². The minimum absolute atomic E-state index is 0.108. The van der Waals surface area contributed by atoms with Gasteiger partial charge in [-0.2, -0.15) is 9.61 Å². The minimum Gasteiger partial charge on any atom is -0.298 e. The van der Waals surface area contributed by atoms with Crippen molar-refractivity contribution >= 4 is 23.3 Å². The van der Waals surface area contributed by atoms with Gasteiger partial charge in [-0.25, -0.2) is 0 Å². The van der Waals surface area contributed by atoms with Crippen LogP contribution in [0.15, 0.2) is 40.3 Å². The molecule has 0 aliphatic carbocycles. The van der Waals surface area contributed by atoms with Gasteiger partial charge >= 0.3 is 0 Å². The highest BCUT2D eigenvalue weighted by atomic mass is 32.2. The van der Waals surface area contributed by atoms with Crippen molar-refractivity contribution in [2.24, 2.45) is 5.41 Å². The summed E-state index contributed by atoms with van der Waals surface area (Å²) < 4.78 is 1.46. The smallest absolute Gasteiger partial charge is 0.279 e. The van der Waals surface area contributed by atoms with Crippen molar-refractivity contribution < 1.29 is 4.79 Å². The third-order valence-electron chi connectivity index (χ3n) is 3.47. The molecule has 24 heavy (non-hydrogen) atoms. The van der Waals surface area contributed by atoms with Gasteiger partial charge in [-0.05, 0) is 0 Å². The highest BCUT2D eigenvalue weighted by Gasteiger charge is 2.22. The molecule has 0 unspecified atom stereocenters. The number of fused-ring (bicyclic) bond motifs is 1. The Kier molecular flexibility index (Phi) is 4.23. The van der Waals surface area contributed by atoms with Crippen molar-refractivity contribution in [2.75, 3.05) is 5.75 Å². The zero-order valence-electron chi connectivity index (χ0n) is 13.6. The van der Waals surface area contributed by atoms with Crippen LogP contribution in [0.5, 0.6) is 0 Å². The highest BCUT2D eigenvalue weighted by molar-refractivity contribution is 7.99. The number of carbonyl (C=O) groups excluding carboxylic acids is 1. The standard InChI is InChI=1S/C16H17N5O2S/c1-16(2,3)11(22)9-24-15-19-18-14-17-13(23)12(20-21(14)15)10-7-5-4-6-8-10/h4-8H,9H2,1-3H3,(H,17,18,23). The molecule has 0 radical (unpaired) electrons. The molecular formula is C16H17N5O2S. The van der Waals surface area contributed by atoms with Gasteiger partial charge in [0.2, 0.25) is 5.16 Å². The lowest BCUT2D eigenvalue weighted by atomic mass is 9.92. The molecule has 3 rings (SSSR count). The average Bonchev–Trinajstić information content (AvgIpc) is 2.93. The lowest BCUT2D eigenvalue weighted by molar-refractivity contribution is -0.123. The molecule has 8 heteroatoms. The van der Waals surface area contributed by atoms with Gasteiger partial charge < -0.3 is 0 Å². The van der Waals surface area contributed by atoms with E-state index < -0.39 is 5.41 Å². The van der Waals surface area contributed by atoms with Crippen molar-refractivity contribution in [1.82, 2.24) is 24.8 Å². The number of rotatable bonds is 4. The molecule has 0 saturated carbocycles. The maximum absolute atomic E-state index is 12.2. The van der Waals surface area contributed by atoms with Crippen LogP contribution < -0.4 is 5.56 Å². The molecule has 0 spiro atoms. The van der Waals surface area contributed by atoms with E-state index in [0.717, 1.165) is 0 Å². The summed E-state index contributed by atoms with van der Waals surface area (Å²) in [5.41, 5.74) is 0.246. The molecule has 0 bridgehead atoms. The molecule has 3 aromatic rings. The summed E-state index contributed by atoms with van der Waals surface area (Å²) >= 11 is 1.26. The summed E-state index contributed by atoms with van der Waals surface area (Å²) in [7, 11) is 0. The number of benzene rings is 1. The number of nitrogens with one attached hydrogen (secondary N) is 1. The van der Waals surface area contributed by atoms with Crippen LogP contribution in [0.25, 0.3) is 17.0 Å². The molecule has 124 valence electrons. The Morgan fingerprint density at radius 3 is 2.58 bits per heavy atom. The van der Waals surface area contributed by atoms with Gasteiger partial charge in [-0.1, -0.05) is 62.9 Å². The normalized spacial score (nSPS) is 11.8. The number of ketones is 1. The molecular weight excluding hydrogens is 326 g/mol. The van der Waals surface area contributed by atoms with Crippen molar-refractivity contribution in [3.8, 4) is 11.3 Å². The van der Waals surface area contributed by atoms with Crippen LogP contribution in [0.3, 0.4) is 0 Å². The van der Waals surface area contributed by atoms with Crippen LogP contribution in [0, 0.1) is 5.41 Å². The summed E-state index contributed by atoms with van der Waals surface area (Å²) in [5, 5.41) is 12.8. The van der Waals surface area contributed by atoms with Crippen LogP contribution in [-0.4, -0.2) is 36.3 Å². The molecule has 0 atom stereocenters. The van der Waals surface area contributed by atoms with Gasteiger partial charge in [0.15, 0.2) is 5.69 Å². The second kappa shape index (κ2) is 6.20. The van der Waals surface area contributed by atoms with E-state index in [9.17, 15) is 9.59 Å². The maximum Gasteiger partial charge on any atom is 0.279 e. The number of aromatic nitrogens is 5. The third-order valence-corrected chi connectivity index (χ3v) is 4.39. The largest absolute Gasteiger partial charge is 0.298 e. The van der Waals surface area contributed by atoms with E-state index in [2.05, 4.69) is 20.3 Å². The number of hydrogen-bond donors (Lipinski definition) is 1. The monoisotopic (exact) mass is 343 g/mol. The minimum atomic E-state index is -0.412. The molecule has 0 aliphatic rings. The first-order valence-electron chi connectivity index (χ1n) is 7.43. The fourth-order valence-corrected chi connectivity index (χ4v) is 3.00. The van der Waals surface area contributed by atoms with Crippen molar-refractivity contribution in [2.45, 2.75) is 25.9 Å². The lowest BCUT2D eigenvalue weighted by Gasteiger charge is -2.15. The Morgan fingerprint density at radius 2 is 1.92 bits per heavy atom. The molecule has 7 nitrogen and oxygen atoms in total. The van der Waals surface area contributed by atoms with Crippen molar-refractivity contribution in [3.05, 3.63) is 40.7 Å². The first-order chi connectivity index (χ1) is 11.4. The zero-order valence-corrected chi connectivity index (χ0v) is 14.4. The third kappa shape index (κ3) is 3.23. The van der Waals surface area contributed by atoms with Crippen molar-refractivity contribution in [3.63, 3.8) is 0 Å². The van der Waals surface area contributed by atoms with Crippen LogP contribution >= 0.6 is 11.8 Å². The summed E-state index contributed by atoms with van der Waals surface area (Å²) in [6.45, 7) is 5.63. The summed E-state index contributed by atoms with van der Waals surface area (Å²) in [5.74, 6) is 0.633. The van der Waals surface area contributed by atoms with Gasteiger partial charge in [-0.15, -0.1) is 10.2 Å². The van der Waals surface area contributed by atoms with E-state index in [0.29, 0.717) is 10.7 Å². The SMILES string of the molecule is CC(C)(C)C(=O)CSc1nnc2[nH]c(=O)c(-c3ccccc3)nn12. The molecule has 0 saturated heterocycles. The number of nitrogens with zero attached hydrogens (tertiary/aromatic N) is 4. The molecule has 1 N–H and O–H groups in total. The van der Waals surface area contributed by atoms with E-state index >= 15 is 0 Å². The predicted molar refractivity (Wildman–Crippen MR) is 92.0 cm³/mol. The van der Waals surface area contributed by atoms with Gasteiger partial charge in [0.05, 0.1) is 5.75 Å². The van der Waals surface area contributed by atoms with Crippen LogP contribution in [0.2, 0.25) is 0 Å². The molecule has 0 fully saturated rings. The van der Waals surface area contributed by atoms with Gasteiger partial charge in [0.1, 0.15) is 5.78 Å². The number of thioether (sulfide) groups is 1. The Bertz CT molecular complexity index is 940. The van der Waals surface area contributed by atoms with E-state index in [1.165, 1.54) is 16.3 Å². The topological polar surface area (TPSA) is 93.0 Å². The van der Waals surface area contributed by atoms with Crippen LogP contribution in [0.4, 0.5) is 0 Å². The van der Waals surface area contributed by atoms with Crippen molar-refractivity contribution in [1.29, 1.82) is 0 Å². The number of aromatic amines is 1. The Hall–Kier alpha value is -2.48. The first-order valence-corrected chi connectivity index (χ1v) is 8.42. The summed E-state index contributed by atoms with van der Waals surface area (Å²) in [4.78, 5) is 26.9. The number of H-pyrrole nitrogens is 1. The highest BCUT2D eigenvalue weighted by Crippen LogP contribution is 2.22. The average molecular weight is 343 g/mol. The van der Waals surface area contributed by atoms with Gasteiger partial charge in [0, 0.05) is 11.0 Å². The summed E-state index contributed by atoms with van der Waals surface area (Å²) in [6, 6.07) is 9.16. The predicted octanol–water partition coefficient (Wildman–Crippen LogP) is 2.19. The maximum atomic E-state index is 12.2. The number of Topliss-reactive ketones (excluding diaryl/α,β-unsaturated/α-hetero) is 1. The second-order valence-corrected chi connectivity index (χ2v) is 7.29. The second-order valence-electron chi connectivity index (χ2n) is 6.35. The van der Waals surface area contributed by atoms with Crippen LogP contribution in [0.1, 0.15) is 20.8 Å². The molecule has 1 aromatic carbocycles. The van der Waals surface area contributed by atoms with E-state index in [1.807, 2.05) is 51.1 Å². The lowest BCUT2D eigenvalue weighted by Crippen LogP contribution is -2.22. The number of carbonyl (C=O) groups is 1. The van der Waals surface area contributed by atoms with Gasteiger partial charge in [0.25, 0.3) is 11.3 Å². The van der Waals surface area contributed by atoms with Crippen LogP contribution in [-0.2, 0) is 4.79 Å².